The first-order valence-electron chi connectivity index (χ1n) is 6.25. The molecule has 0 radical (unpaired) electrons. The van der Waals surface area contributed by atoms with E-state index in [4.69, 9.17) is 0 Å². The van der Waals surface area contributed by atoms with Gasteiger partial charge in [0.15, 0.2) is 0 Å². The van der Waals surface area contributed by atoms with E-state index in [1.165, 1.54) is 5.82 Å². The molecule has 3 atom stereocenters. The van der Waals surface area contributed by atoms with Crippen molar-refractivity contribution in [2.75, 3.05) is 6.54 Å². The van der Waals surface area contributed by atoms with Gasteiger partial charge >= 0.3 is 0 Å². The Balaban J connectivity index is 1.53. The van der Waals surface area contributed by atoms with Crippen LogP contribution in [0.25, 0.3) is 0 Å². The van der Waals surface area contributed by atoms with E-state index in [1.807, 2.05) is 6.20 Å². The zero-order chi connectivity index (χ0) is 11.0. The van der Waals surface area contributed by atoms with E-state index in [9.17, 15) is 5.11 Å². The molecule has 16 heavy (non-hydrogen) atoms. The Kier molecular flexibility index (Phi) is 2.69. The number of aliphatic hydroxyl groups excluding tert-OH is 1. The number of nitrogens with zero attached hydrogens (tertiary/aromatic N) is 2. The fraction of sp³-hybridized carbons (Fsp3) is 0.750. The maximum Gasteiger partial charge on any atom is 0.125 e. The molecule has 0 saturated heterocycles. The quantitative estimate of drug-likeness (QED) is 0.803. The highest BCUT2D eigenvalue weighted by Crippen LogP contribution is 2.27. The fourth-order valence-electron chi connectivity index (χ4n) is 2.95. The molecule has 1 aromatic heterocycles. The van der Waals surface area contributed by atoms with E-state index in [0.29, 0.717) is 12.0 Å². The second kappa shape index (κ2) is 4.18. The van der Waals surface area contributed by atoms with Crippen LogP contribution in [0.2, 0.25) is 0 Å². The Labute approximate surface area is 95.7 Å². The number of aryl methyl sites for hydroxylation is 1. The number of aliphatic hydroxyl groups is 1. The first kappa shape index (κ1) is 10.3. The van der Waals surface area contributed by atoms with Gasteiger partial charge in [-0.2, -0.15) is 0 Å². The van der Waals surface area contributed by atoms with Crippen LogP contribution in [0.1, 0.15) is 37.5 Å². The summed E-state index contributed by atoms with van der Waals surface area (Å²) in [6.07, 6.45) is 8.13. The molecule has 1 fully saturated rings. The normalized spacial score (nSPS) is 33.2. The molecule has 0 aromatic carbocycles. The summed E-state index contributed by atoms with van der Waals surface area (Å²) in [7, 11) is 0. The lowest BCUT2D eigenvalue weighted by molar-refractivity contribution is 0.177. The maximum absolute atomic E-state index is 9.47. The number of nitrogens with one attached hydrogen (secondary N) is 1. The highest BCUT2D eigenvalue weighted by Gasteiger charge is 2.26. The van der Waals surface area contributed by atoms with E-state index >= 15 is 0 Å². The third-order valence-electron chi connectivity index (χ3n) is 3.88. The van der Waals surface area contributed by atoms with Crippen LogP contribution < -0.4 is 5.32 Å². The van der Waals surface area contributed by atoms with E-state index in [0.717, 1.165) is 38.8 Å². The molecule has 0 amide bonds. The van der Waals surface area contributed by atoms with Crippen molar-refractivity contribution < 1.29 is 5.11 Å². The number of fused-ring (bicyclic) bond motifs is 1. The summed E-state index contributed by atoms with van der Waals surface area (Å²) in [5, 5.41) is 13.1. The van der Waals surface area contributed by atoms with Gasteiger partial charge in [-0.05, 0) is 38.1 Å². The molecule has 3 unspecified atom stereocenters. The summed E-state index contributed by atoms with van der Waals surface area (Å²) < 4.78 is 2.22. The van der Waals surface area contributed by atoms with Crippen LogP contribution >= 0.6 is 0 Å². The third-order valence-corrected chi connectivity index (χ3v) is 3.88. The lowest BCUT2D eigenvalue weighted by Gasteiger charge is -2.15. The van der Waals surface area contributed by atoms with Crippen molar-refractivity contribution >= 4 is 0 Å². The second-order valence-corrected chi connectivity index (χ2v) is 5.06. The highest BCUT2D eigenvalue weighted by atomic mass is 16.3. The molecule has 2 aliphatic rings. The predicted octanol–water partition coefficient (Wildman–Crippen LogP) is 1.08. The lowest BCUT2D eigenvalue weighted by Crippen LogP contribution is -2.25. The average Bonchev–Trinajstić information content (AvgIpc) is 2.91. The monoisotopic (exact) mass is 221 g/mol. The van der Waals surface area contributed by atoms with Crippen LogP contribution in [0, 0.1) is 5.92 Å². The first-order chi connectivity index (χ1) is 7.83. The van der Waals surface area contributed by atoms with Gasteiger partial charge in [0.05, 0.1) is 12.1 Å². The van der Waals surface area contributed by atoms with E-state index in [-0.39, 0.29) is 6.10 Å². The van der Waals surface area contributed by atoms with Gasteiger partial charge < -0.3 is 15.0 Å². The van der Waals surface area contributed by atoms with Crippen LogP contribution in [-0.4, -0.2) is 27.3 Å². The van der Waals surface area contributed by atoms with Crippen molar-refractivity contribution in [3.63, 3.8) is 0 Å². The maximum atomic E-state index is 9.47. The number of aromatic nitrogens is 2. The number of hydrogen-bond acceptors (Lipinski definition) is 3. The van der Waals surface area contributed by atoms with Gasteiger partial charge in [-0.3, -0.25) is 0 Å². The third kappa shape index (κ3) is 1.87. The van der Waals surface area contributed by atoms with Crippen molar-refractivity contribution in [1.82, 2.24) is 14.9 Å². The van der Waals surface area contributed by atoms with Crippen molar-refractivity contribution in [3.05, 3.63) is 18.2 Å². The zero-order valence-electron chi connectivity index (χ0n) is 9.47. The van der Waals surface area contributed by atoms with E-state index < -0.39 is 0 Å². The SMILES string of the molecule is OC1CCC(CNC2CCn3ccnc32)C1. The smallest absolute Gasteiger partial charge is 0.125 e. The van der Waals surface area contributed by atoms with E-state index in [2.05, 4.69) is 21.1 Å². The second-order valence-electron chi connectivity index (χ2n) is 5.06. The standard InChI is InChI=1S/C12H19N3O/c16-10-2-1-9(7-10)8-14-11-3-5-15-6-4-13-12(11)15/h4,6,9-11,14,16H,1-3,5,7-8H2. The number of hydrogen-bond donors (Lipinski definition) is 2. The molecule has 1 aliphatic carbocycles. The summed E-state index contributed by atoms with van der Waals surface area (Å²) in [5.74, 6) is 1.83. The molecule has 2 heterocycles. The molecule has 4 heteroatoms. The minimum atomic E-state index is -0.0580. The van der Waals surface area contributed by atoms with Crippen LogP contribution in [0.4, 0.5) is 0 Å². The molecule has 88 valence electrons. The molecule has 0 spiro atoms. The van der Waals surface area contributed by atoms with Gasteiger partial charge in [-0.1, -0.05) is 0 Å². The Hall–Kier alpha value is -0.870. The van der Waals surface area contributed by atoms with Crippen molar-refractivity contribution in [2.45, 2.75) is 44.4 Å². The lowest BCUT2D eigenvalue weighted by atomic mass is 10.1. The van der Waals surface area contributed by atoms with Gasteiger partial charge in [-0.25, -0.2) is 4.98 Å². The van der Waals surface area contributed by atoms with Gasteiger partial charge in [-0.15, -0.1) is 0 Å². The predicted molar refractivity (Wildman–Crippen MR) is 60.9 cm³/mol. The molecule has 1 saturated carbocycles. The Morgan fingerprint density at radius 1 is 1.44 bits per heavy atom. The molecule has 0 bridgehead atoms. The van der Waals surface area contributed by atoms with Crippen molar-refractivity contribution in [1.29, 1.82) is 0 Å². The molecule has 1 aliphatic heterocycles. The van der Waals surface area contributed by atoms with Gasteiger partial charge in [0.25, 0.3) is 0 Å². The van der Waals surface area contributed by atoms with Gasteiger partial charge in [0.2, 0.25) is 0 Å². The van der Waals surface area contributed by atoms with Crippen molar-refractivity contribution in [3.8, 4) is 0 Å². The Morgan fingerprint density at radius 2 is 2.38 bits per heavy atom. The van der Waals surface area contributed by atoms with Crippen LogP contribution in [-0.2, 0) is 6.54 Å². The molecule has 3 rings (SSSR count). The van der Waals surface area contributed by atoms with Gasteiger partial charge in [0.1, 0.15) is 5.82 Å². The molecule has 1 aromatic rings. The molecular weight excluding hydrogens is 202 g/mol. The zero-order valence-corrected chi connectivity index (χ0v) is 9.47. The van der Waals surface area contributed by atoms with Crippen LogP contribution in [0.3, 0.4) is 0 Å². The number of rotatable bonds is 3. The summed E-state index contributed by atoms with van der Waals surface area (Å²) in [4.78, 5) is 4.39. The minimum Gasteiger partial charge on any atom is -0.393 e. The van der Waals surface area contributed by atoms with Crippen molar-refractivity contribution in [2.24, 2.45) is 5.92 Å². The van der Waals surface area contributed by atoms with Crippen LogP contribution in [0.5, 0.6) is 0 Å². The first-order valence-corrected chi connectivity index (χ1v) is 6.25. The molecular formula is C12H19N3O. The van der Waals surface area contributed by atoms with Crippen LogP contribution in [0.15, 0.2) is 12.4 Å². The topological polar surface area (TPSA) is 50.1 Å². The highest BCUT2D eigenvalue weighted by molar-refractivity contribution is 5.04. The average molecular weight is 221 g/mol. The molecule has 2 N–H and O–H groups in total. The number of imidazole rings is 1. The largest absolute Gasteiger partial charge is 0.393 e. The molecule has 4 nitrogen and oxygen atoms in total. The summed E-state index contributed by atoms with van der Waals surface area (Å²) in [6, 6.07) is 0.424. The fourth-order valence-corrected chi connectivity index (χ4v) is 2.95. The minimum absolute atomic E-state index is 0.0580. The summed E-state index contributed by atoms with van der Waals surface area (Å²) in [6.45, 7) is 2.11. The van der Waals surface area contributed by atoms with E-state index in [1.54, 1.807) is 0 Å². The Bertz CT molecular complexity index is 363. The van der Waals surface area contributed by atoms with Gasteiger partial charge in [0, 0.05) is 18.9 Å². The Morgan fingerprint density at radius 3 is 3.19 bits per heavy atom. The summed E-state index contributed by atoms with van der Waals surface area (Å²) in [5.41, 5.74) is 0. The summed E-state index contributed by atoms with van der Waals surface area (Å²) >= 11 is 0.